The predicted octanol–water partition coefficient (Wildman–Crippen LogP) is 4.33. The smallest absolute Gasteiger partial charge is 0.253 e. The number of hydrogen-bond donors (Lipinski definition) is 1. The van der Waals surface area contributed by atoms with Gasteiger partial charge in [-0.25, -0.2) is 9.37 Å². The molecule has 1 aromatic carbocycles. The molecule has 0 radical (unpaired) electrons. The van der Waals surface area contributed by atoms with Gasteiger partial charge in [0.15, 0.2) is 0 Å². The molecule has 0 atom stereocenters. The van der Waals surface area contributed by atoms with Crippen LogP contribution in [0.3, 0.4) is 0 Å². The molecule has 0 unspecified atom stereocenters. The number of aromatic nitrogens is 1. The van der Waals surface area contributed by atoms with Crippen LogP contribution in [0.1, 0.15) is 35.3 Å². The van der Waals surface area contributed by atoms with Crippen molar-refractivity contribution in [3.8, 4) is 0 Å². The van der Waals surface area contributed by atoms with Crippen LogP contribution >= 0.6 is 23.2 Å². The molecule has 2 aliphatic heterocycles. The molecule has 2 aliphatic rings. The first kappa shape index (κ1) is 21.3. The summed E-state index contributed by atoms with van der Waals surface area (Å²) in [7, 11) is 0. The summed E-state index contributed by atoms with van der Waals surface area (Å²) in [6, 6.07) is 10.8. The van der Waals surface area contributed by atoms with Crippen LogP contribution in [-0.4, -0.2) is 54.2 Å². The van der Waals surface area contributed by atoms with E-state index in [2.05, 4.69) is 15.2 Å². The van der Waals surface area contributed by atoms with Crippen molar-refractivity contribution in [3.63, 3.8) is 0 Å². The SMILES string of the molecule is O=C(c1ccc(Cl)c(Cl)c1)N1CCC(F)(CNCc2cccc(N3CCC3)n2)CC1. The third-order valence-corrected chi connectivity index (χ3v) is 6.57. The van der Waals surface area contributed by atoms with E-state index in [-0.39, 0.29) is 12.5 Å². The largest absolute Gasteiger partial charge is 0.356 e. The first-order valence-corrected chi connectivity index (χ1v) is 11.0. The Labute approximate surface area is 186 Å². The van der Waals surface area contributed by atoms with E-state index in [0.717, 1.165) is 24.6 Å². The van der Waals surface area contributed by atoms with Crippen LogP contribution in [0.25, 0.3) is 0 Å². The van der Waals surface area contributed by atoms with Gasteiger partial charge in [0.2, 0.25) is 0 Å². The molecule has 8 heteroatoms. The second-order valence-corrected chi connectivity index (χ2v) is 8.82. The van der Waals surface area contributed by atoms with Crippen molar-refractivity contribution in [2.75, 3.05) is 37.6 Å². The van der Waals surface area contributed by atoms with Gasteiger partial charge in [-0.2, -0.15) is 0 Å². The number of amides is 1. The molecule has 1 aromatic heterocycles. The third kappa shape index (κ3) is 4.88. The molecule has 0 aliphatic carbocycles. The van der Waals surface area contributed by atoms with Crippen molar-refractivity contribution in [1.82, 2.24) is 15.2 Å². The molecule has 2 aromatic rings. The first-order chi connectivity index (χ1) is 14.4. The van der Waals surface area contributed by atoms with Crippen molar-refractivity contribution < 1.29 is 9.18 Å². The van der Waals surface area contributed by atoms with E-state index < -0.39 is 5.67 Å². The summed E-state index contributed by atoms with van der Waals surface area (Å²) in [6.45, 7) is 3.63. The van der Waals surface area contributed by atoms with Crippen LogP contribution < -0.4 is 10.2 Å². The number of piperidine rings is 1. The Balaban J connectivity index is 1.26. The quantitative estimate of drug-likeness (QED) is 0.711. The van der Waals surface area contributed by atoms with Gasteiger partial charge >= 0.3 is 0 Å². The summed E-state index contributed by atoms with van der Waals surface area (Å²) in [4.78, 5) is 21.2. The highest BCUT2D eigenvalue weighted by Crippen LogP contribution is 2.28. The average Bonchev–Trinajstić information content (AvgIpc) is 2.69. The number of hydrogen-bond acceptors (Lipinski definition) is 4. The average molecular weight is 451 g/mol. The highest BCUT2D eigenvalue weighted by Gasteiger charge is 2.36. The summed E-state index contributed by atoms with van der Waals surface area (Å²) >= 11 is 11.9. The Morgan fingerprint density at radius 2 is 1.87 bits per heavy atom. The number of pyridine rings is 1. The third-order valence-electron chi connectivity index (χ3n) is 5.83. The van der Waals surface area contributed by atoms with Crippen LogP contribution in [0, 0.1) is 0 Å². The van der Waals surface area contributed by atoms with Crippen LogP contribution in [0.4, 0.5) is 10.2 Å². The van der Waals surface area contributed by atoms with Gasteiger partial charge in [0, 0.05) is 57.7 Å². The number of anilines is 1. The van der Waals surface area contributed by atoms with E-state index in [4.69, 9.17) is 23.2 Å². The second kappa shape index (κ2) is 9.08. The number of nitrogens with one attached hydrogen (secondary N) is 1. The van der Waals surface area contributed by atoms with E-state index in [9.17, 15) is 4.79 Å². The van der Waals surface area contributed by atoms with Gasteiger partial charge in [-0.05, 0) is 36.8 Å². The number of benzene rings is 1. The molecular formula is C22H25Cl2FN4O. The van der Waals surface area contributed by atoms with E-state index in [0.29, 0.717) is 48.1 Å². The Hall–Kier alpha value is -1.89. The van der Waals surface area contributed by atoms with E-state index >= 15 is 4.39 Å². The van der Waals surface area contributed by atoms with Crippen LogP contribution in [0.5, 0.6) is 0 Å². The maximum Gasteiger partial charge on any atom is 0.253 e. The molecular weight excluding hydrogens is 426 g/mol. The van der Waals surface area contributed by atoms with Crippen molar-refractivity contribution in [1.29, 1.82) is 0 Å². The number of likely N-dealkylation sites (tertiary alicyclic amines) is 1. The minimum absolute atomic E-state index is 0.143. The molecule has 0 bridgehead atoms. The number of rotatable bonds is 6. The van der Waals surface area contributed by atoms with Crippen molar-refractivity contribution in [2.45, 2.75) is 31.5 Å². The topological polar surface area (TPSA) is 48.5 Å². The van der Waals surface area contributed by atoms with Crippen LogP contribution in [0.15, 0.2) is 36.4 Å². The lowest BCUT2D eigenvalue weighted by Crippen LogP contribution is -2.48. The summed E-state index contributed by atoms with van der Waals surface area (Å²) in [5.74, 6) is 0.847. The van der Waals surface area contributed by atoms with Gasteiger partial charge in [0.05, 0.1) is 15.7 Å². The zero-order valence-electron chi connectivity index (χ0n) is 16.7. The summed E-state index contributed by atoms with van der Waals surface area (Å²) in [5, 5.41) is 3.96. The highest BCUT2D eigenvalue weighted by molar-refractivity contribution is 6.42. The maximum absolute atomic E-state index is 15.2. The lowest BCUT2D eigenvalue weighted by Gasteiger charge is -2.36. The van der Waals surface area contributed by atoms with Crippen LogP contribution in [-0.2, 0) is 6.54 Å². The molecule has 3 heterocycles. The molecule has 30 heavy (non-hydrogen) atoms. The fourth-order valence-electron chi connectivity index (χ4n) is 3.80. The molecule has 1 N–H and O–H groups in total. The highest BCUT2D eigenvalue weighted by atomic mass is 35.5. The van der Waals surface area contributed by atoms with Crippen molar-refractivity contribution >= 4 is 34.9 Å². The zero-order chi connectivity index (χ0) is 21.1. The van der Waals surface area contributed by atoms with Gasteiger partial charge < -0.3 is 15.1 Å². The molecule has 1 amide bonds. The van der Waals surface area contributed by atoms with E-state index in [1.807, 2.05) is 18.2 Å². The second-order valence-electron chi connectivity index (χ2n) is 8.00. The normalized spacial score (nSPS) is 18.2. The standard InChI is InChI=1S/C22H25Cl2FN4O/c23-18-6-5-16(13-19(18)24)21(30)29-11-7-22(25,8-12-29)15-26-14-17-3-1-4-20(27-17)28-9-2-10-28/h1,3-6,13,26H,2,7-12,14-15H2. The summed E-state index contributed by atoms with van der Waals surface area (Å²) < 4.78 is 15.2. The van der Waals surface area contributed by atoms with Gasteiger partial charge in [-0.1, -0.05) is 29.3 Å². The van der Waals surface area contributed by atoms with E-state index in [1.165, 1.54) is 6.42 Å². The predicted molar refractivity (Wildman–Crippen MR) is 118 cm³/mol. The molecule has 0 spiro atoms. The lowest BCUT2D eigenvalue weighted by atomic mass is 9.92. The van der Waals surface area contributed by atoms with Gasteiger partial charge in [-0.3, -0.25) is 4.79 Å². The lowest BCUT2D eigenvalue weighted by molar-refractivity contribution is 0.0434. The number of alkyl halides is 1. The van der Waals surface area contributed by atoms with Crippen molar-refractivity contribution in [3.05, 3.63) is 57.7 Å². The Kier molecular flexibility index (Phi) is 6.46. The molecule has 5 nitrogen and oxygen atoms in total. The molecule has 2 fully saturated rings. The monoisotopic (exact) mass is 450 g/mol. The maximum atomic E-state index is 15.2. The fourth-order valence-corrected chi connectivity index (χ4v) is 4.10. The Morgan fingerprint density at radius 1 is 1.10 bits per heavy atom. The van der Waals surface area contributed by atoms with Crippen LogP contribution in [0.2, 0.25) is 10.0 Å². The number of carbonyl (C=O) groups excluding carboxylic acids is 1. The van der Waals surface area contributed by atoms with Crippen molar-refractivity contribution in [2.24, 2.45) is 0 Å². The number of carbonyl (C=O) groups is 1. The summed E-state index contributed by atoms with van der Waals surface area (Å²) in [6.07, 6.45) is 1.81. The van der Waals surface area contributed by atoms with Gasteiger partial charge in [0.25, 0.3) is 5.91 Å². The first-order valence-electron chi connectivity index (χ1n) is 10.3. The Morgan fingerprint density at radius 3 is 2.53 bits per heavy atom. The molecule has 2 saturated heterocycles. The minimum atomic E-state index is -1.33. The fraction of sp³-hybridized carbons (Fsp3) is 0.455. The molecule has 160 valence electrons. The minimum Gasteiger partial charge on any atom is -0.356 e. The molecule has 0 saturated carbocycles. The van der Waals surface area contributed by atoms with Gasteiger partial charge in [0.1, 0.15) is 11.5 Å². The number of halogens is 3. The zero-order valence-corrected chi connectivity index (χ0v) is 18.2. The van der Waals surface area contributed by atoms with E-state index in [1.54, 1.807) is 23.1 Å². The Bertz CT molecular complexity index is 914. The van der Waals surface area contributed by atoms with Gasteiger partial charge in [-0.15, -0.1) is 0 Å². The molecule has 4 rings (SSSR count). The number of nitrogens with zero attached hydrogens (tertiary/aromatic N) is 3. The summed E-state index contributed by atoms with van der Waals surface area (Å²) in [5.41, 5.74) is 0.0565.